The number of likely N-dealkylation sites (tertiary alicyclic amines) is 1. The van der Waals surface area contributed by atoms with Gasteiger partial charge < -0.3 is 14.3 Å². The summed E-state index contributed by atoms with van der Waals surface area (Å²) in [6.07, 6.45) is 1.11. The van der Waals surface area contributed by atoms with Crippen LogP contribution in [-0.4, -0.2) is 66.5 Å². The Morgan fingerprint density at radius 2 is 2.00 bits per heavy atom. The summed E-state index contributed by atoms with van der Waals surface area (Å²) in [5.74, 6) is 0.628. The zero-order valence-electron chi connectivity index (χ0n) is 16.8. The first-order valence-corrected chi connectivity index (χ1v) is 9.47. The molecule has 1 amide bonds. The third kappa shape index (κ3) is 5.17. The molecule has 27 heavy (non-hydrogen) atoms. The van der Waals surface area contributed by atoms with Gasteiger partial charge in [0.15, 0.2) is 11.5 Å². The number of carbonyl (C=O) groups excluding carboxylic acids is 1. The SMILES string of the molecule is CN(Cc1ccccc1)Cc1cc(C(=O)N(C)CC2(C)CCN(C)C2)no1. The summed E-state index contributed by atoms with van der Waals surface area (Å²) in [4.78, 5) is 19.0. The number of nitrogens with zero attached hydrogens (tertiary/aromatic N) is 4. The Balaban J connectivity index is 1.55. The van der Waals surface area contributed by atoms with Crippen molar-refractivity contribution in [2.75, 3.05) is 40.8 Å². The molecule has 6 nitrogen and oxygen atoms in total. The minimum absolute atomic E-state index is 0.0773. The lowest BCUT2D eigenvalue weighted by atomic mass is 9.89. The lowest BCUT2D eigenvalue weighted by Crippen LogP contribution is -2.38. The fourth-order valence-corrected chi connectivity index (χ4v) is 3.94. The zero-order chi connectivity index (χ0) is 19.4. The van der Waals surface area contributed by atoms with Crippen LogP contribution in [0.3, 0.4) is 0 Å². The van der Waals surface area contributed by atoms with E-state index >= 15 is 0 Å². The summed E-state index contributed by atoms with van der Waals surface area (Å²) in [5.41, 5.74) is 1.77. The minimum atomic E-state index is -0.0773. The molecule has 0 saturated carbocycles. The van der Waals surface area contributed by atoms with Crippen molar-refractivity contribution >= 4 is 5.91 Å². The molecule has 0 radical (unpaired) electrons. The van der Waals surface area contributed by atoms with E-state index in [4.69, 9.17) is 4.52 Å². The average molecular weight is 370 g/mol. The molecule has 0 N–H and O–H groups in total. The van der Waals surface area contributed by atoms with Gasteiger partial charge in [0, 0.05) is 32.7 Å². The van der Waals surface area contributed by atoms with E-state index in [9.17, 15) is 4.79 Å². The molecule has 0 spiro atoms. The Hall–Kier alpha value is -2.18. The molecule has 1 aliphatic heterocycles. The molecule has 1 fully saturated rings. The van der Waals surface area contributed by atoms with Crippen LogP contribution in [0.4, 0.5) is 0 Å². The van der Waals surface area contributed by atoms with E-state index in [2.05, 4.69) is 41.1 Å². The van der Waals surface area contributed by atoms with E-state index < -0.39 is 0 Å². The molecule has 1 unspecified atom stereocenters. The number of hydrogen-bond donors (Lipinski definition) is 0. The Morgan fingerprint density at radius 1 is 1.26 bits per heavy atom. The molecule has 0 bridgehead atoms. The number of hydrogen-bond acceptors (Lipinski definition) is 5. The van der Waals surface area contributed by atoms with Crippen LogP contribution in [0.5, 0.6) is 0 Å². The summed E-state index contributed by atoms with van der Waals surface area (Å²) in [7, 11) is 6.01. The molecule has 1 aromatic heterocycles. The van der Waals surface area contributed by atoms with E-state index in [1.165, 1.54) is 5.56 Å². The van der Waals surface area contributed by atoms with Gasteiger partial charge in [0.1, 0.15) is 0 Å². The Bertz CT molecular complexity index is 761. The number of carbonyl (C=O) groups is 1. The van der Waals surface area contributed by atoms with Gasteiger partial charge in [0.2, 0.25) is 0 Å². The van der Waals surface area contributed by atoms with Crippen molar-refractivity contribution in [3.8, 4) is 0 Å². The summed E-state index contributed by atoms with van der Waals surface area (Å²) in [5, 5.41) is 4.01. The number of aromatic nitrogens is 1. The second-order valence-corrected chi connectivity index (χ2v) is 8.30. The van der Waals surface area contributed by atoms with Crippen molar-refractivity contribution in [1.29, 1.82) is 0 Å². The van der Waals surface area contributed by atoms with Crippen molar-refractivity contribution in [2.24, 2.45) is 5.41 Å². The van der Waals surface area contributed by atoms with Gasteiger partial charge in [-0.1, -0.05) is 42.4 Å². The van der Waals surface area contributed by atoms with E-state index in [0.29, 0.717) is 18.0 Å². The third-order valence-electron chi connectivity index (χ3n) is 5.21. The smallest absolute Gasteiger partial charge is 0.275 e. The first-order chi connectivity index (χ1) is 12.8. The van der Waals surface area contributed by atoms with Crippen molar-refractivity contribution in [2.45, 2.75) is 26.4 Å². The second-order valence-electron chi connectivity index (χ2n) is 8.30. The molecule has 1 aromatic carbocycles. The molecule has 146 valence electrons. The van der Waals surface area contributed by atoms with E-state index in [-0.39, 0.29) is 11.3 Å². The summed E-state index contributed by atoms with van der Waals surface area (Å²) >= 11 is 0. The molecule has 1 saturated heterocycles. The summed E-state index contributed by atoms with van der Waals surface area (Å²) in [6, 6.07) is 12.0. The molecule has 1 aliphatic rings. The van der Waals surface area contributed by atoms with Crippen LogP contribution in [0.1, 0.15) is 35.2 Å². The van der Waals surface area contributed by atoms with Crippen LogP contribution in [-0.2, 0) is 13.1 Å². The maximum atomic E-state index is 12.7. The van der Waals surface area contributed by atoms with Gasteiger partial charge in [-0.2, -0.15) is 0 Å². The van der Waals surface area contributed by atoms with Gasteiger partial charge in [-0.05, 0) is 38.0 Å². The third-order valence-corrected chi connectivity index (χ3v) is 5.21. The fraction of sp³-hybridized carbons (Fsp3) is 0.524. The monoisotopic (exact) mass is 370 g/mol. The van der Waals surface area contributed by atoms with Crippen LogP contribution >= 0.6 is 0 Å². The molecule has 1 atom stereocenters. The number of rotatable bonds is 7. The van der Waals surface area contributed by atoms with Crippen LogP contribution in [0.25, 0.3) is 0 Å². The molecule has 2 heterocycles. The molecule has 3 rings (SSSR count). The molecule has 0 aliphatic carbocycles. The van der Waals surface area contributed by atoms with Gasteiger partial charge in [-0.15, -0.1) is 0 Å². The number of benzene rings is 1. The van der Waals surface area contributed by atoms with Crippen LogP contribution in [0.15, 0.2) is 40.9 Å². The highest BCUT2D eigenvalue weighted by Gasteiger charge is 2.34. The second kappa shape index (κ2) is 8.23. The maximum absolute atomic E-state index is 12.7. The van der Waals surface area contributed by atoms with Gasteiger partial charge in [0.25, 0.3) is 5.91 Å². The van der Waals surface area contributed by atoms with Crippen LogP contribution < -0.4 is 0 Å². The standard InChI is InChI=1S/C21H30N4O2/c1-21(10-11-23(2)15-21)16-25(4)20(26)19-12-18(27-22-19)14-24(3)13-17-8-6-5-7-9-17/h5-9,12H,10-11,13-16H2,1-4H3. The normalized spacial score (nSPS) is 20.3. The molecule has 6 heteroatoms. The van der Waals surface area contributed by atoms with Crippen LogP contribution in [0, 0.1) is 5.41 Å². The van der Waals surface area contributed by atoms with Gasteiger partial charge in [0.05, 0.1) is 6.54 Å². The summed E-state index contributed by atoms with van der Waals surface area (Å²) in [6.45, 7) is 6.50. The lowest BCUT2D eigenvalue weighted by molar-refractivity contribution is 0.0720. The predicted molar refractivity (Wildman–Crippen MR) is 105 cm³/mol. The van der Waals surface area contributed by atoms with Crippen molar-refractivity contribution in [3.05, 3.63) is 53.4 Å². The first-order valence-electron chi connectivity index (χ1n) is 9.47. The lowest BCUT2D eigenvalue weighted by Gasteiger charge is -2.29. The Kier molecular flexibility index (Phi) is 5.97. The Labute approximate surface area is 161 Å². The highest BCUT2D eigenvalue weighted by molar-refractivity contribution is 5.92. The highest BCUT2D eigenvalue weighted by Crippen LogP contribution is 2.30. The van der Waals surface area contributed by atoms with E-state index in [1.807, 2.05) is 32.3 Å². The summed E-state index contributed by atoms with van der Waals surface area (Å²) < 4.78 is 5.41. The van der Waals surface area contributed by atoms with Gasteiger partial charge in [-0.25, -0.2) is 0 Å². The van der Waals surface area contributed by atoms with Crippen LogP contribution in [0.2, 0.25) is 0 Å². The first kappa shape index (κ1) is 19.6. The van der Waals surface area contributed by atoms with E-state index in [0.717, 1.165) is 32.6 Å². The van der Waals surface area contributed by atoms with Gasteiger partial charge in [-0.3, -0.25) is 9.69 Å². The van der Waals surface area contributed by atoms with E-state index in [1.54, 1.807) is 11.0 Å². The average Bonchev–Trinajstić information content (AvgIpc) is 3.21. The zero-order valence-corrected chi connectivity index (χ0v) is 16.8. The minimum Gasteiger partial charge on any atom is -0.359 e. The van der Waals surface area contributed by atoms with Crippen molar-refractivity contribution in [3.63, 3.8) is 0 Å². The van der Waals surface area contributed by atoms with Crippen molar-refractivity contribution < 1.29 is 9.32 Å². The maximum Gasteiger partial charge on any atom is 0.275 e. The largest absolute Gasteiger partial charge is 0.359 e. The topological polar surface area (TPSA) is 52.8 Å². The van der Waals surface area contributed by atoms with Crippen molar-refractivity contribution in [1.82, 2.24) is 19.9 Å². The Morgan fingerprint density at radius 3 is 2.67 bits per heavy atom. The fourth-order valence-electron chi connectivity index (χ4n) is 3.94. The molecule has 2 aromatic rings. The molecular formula is C21H30N4O2. The highest BCUT2D eigenvalue weighted by atomic mass is 16.5. The quantitative estimate of drug-likeness (QED) is 0.750. The molecular weight excluding hydrogens is 340 g/mol. The predicted octanol–water partition coefficient (Wildman–Crippen LogP) is 2.72. The number of amides is 1. The van der Waals surface area contributed by atoms with Gasteiger partial charge >= 0.3 is 0 Å².